The maximum absolute atomic E-state index is 13.1. The van der Waals surface area contributed by atoms with Crippen LogP contribution in [0.15, 0.2) is 24.3 Å². The van der Waals surface area contributed by atoms with Crippen molar-refractivity contribution in [2.75, 3.05) is 13.2 Å². The average Bonchev–Trinajstić information content (AvgIpc) is 3.25. The lowest BCUT2D eigenvalue weighted by atomic mass is 9.99. The number of unbranched alkanes of at least 4 members (excludes halogenated alkanes) is 30. The molecule has 0 radical (unpaired) electrons. The normalized spacial score (nSPS) is 20.5. The molecule has 1 aliphatic rings. The maximum atomic E-state index is 13.1. The Morgan fingerprint density at radius 1 is 0.619 bits per heavy atom. The van der Waals surface area contributed by atoms with Crippen molar-refractivity contribution in [1.29, 1.82) is 0 Å². The van der Waals surface area contributed by atoms with Crippen molar-refractivity contribution >= 4 is 16.3 Å². The van der Waals surface area contributed by atoms with E-state index in [1.54, 1.807) is 6.08 Å². The Bertz CT molecular complexity index is 1220. The number of allylic oxidation sites excluding steroid dienone is 3. The zero-order valence-electron chi connectivity index (χ0n) is 39.9. The van der Waals surface area contributed by atoms with Crippen molar-refractivity contribution in [3.63, 3.8) is 0 Å². The van der Waals surface area contributed by atoms with Gasteiger partial charge in [-0.1, -0.05) is 205 Å². The molecule has 1 amide bonds. The Morgan fingerprint density at radius 2 is 1.02 bits per heavy atom. The standard InChI is InChI=1S/C50H95NO11S/c1-3-5-7-9-11-13-15-17-19-20-21-22-23-24-26-28-30-32-34-36-38-40-46(54)51-43(42-60-50-48(56)49(62-63(57,58)59)47(55)45(41-52)61-50)44(53)39-37-35-33-31-29-27-25-18-16-14-12-10-8-6-4-2/h22-23,37,39,43-45,47-50,52-53,55-56H,3-21,24-36,38,40-42H2,1-2H3,(H,51,54)(H,57,58,59)/b23-22-,39-37+. The third kappa shape index (κ3) is 33.7. The summed E-state index contributed by atoms with van der Waals surface area (Å²) < 4.78 is 47.7. The van der Waals surface area contributed by atoms with Crippen LogP contribution in [0.5, 0.6) is 0 Å². The van der Waals surface area contributed by atoms with Crippen molar-refractivity contribution in [3.05, 3.63) is 24.3 Å². The predicted octanol–water partition coefficient (Wildman–Crippen LogP) is 10.9. The molecular weight excluding hydrogens is 823 g/mol. The third-order valence-electron chi connectivity index (χ3n) is 12.2. The third-order valence-corrected chi connectivity index (χ3v) is 12.7. The first-order valence-electron chi connectivity index (χ1n) is 25.7. The van der Waals surface area contributed by atoms with E-state index in [-0.39, 0.29) is 18.9 Å². The molecule has 0 aromatic carbocycles. The van der Waals surface area contributed by atoms with E-state index >= 15 is 0 Å². The highest BCUT2D eigenvalue weighted by molar-refractivity contribution is 7.80. The average molecular weight is 918 g/mol. The van der Waals surface area contributed by atoms with Crippen LogP contribution in [0.4, 0.5) is 0 Å². The summed E-state index contributed by atoms with van der Waals surface area (Å²) in [5, 5.41) is 44.8. The number of carbonyl (C=O) groups is 1. The second kappa shape index (κ2) is 40.8. The summed E-state index contributed by atoms with van der Waals surface area (Å²) in [6.07, 6.45) is 39.3. The zero-order valence-corrected chi connectivity index (χ0v) is 40.7. The Balaban J connectivity index is 2.44. The van der Waals surface area contributed by atoms with E-state index in [0.717, 1.165) is 44.9 Å². The molecular formula is C50H95NO11S. The number of hydrogen-bond donors (Lipinski definition) is 6. The fourth-order valence-electron chi connectivity index (χ4n) is 8.21. The highest BCUT2D eigenvalue weighted by Crippen LogP contribution is 2.26. The number of carbonyl (C=O) groups excluding carboxylic acids is 1. The van der Waals surface area contributed by atoms with Crippen LogP contribution in [0.25, 0.3) is 0 Å². The fraction of sp³-hybridized carbons (Fsp3) is 0.900. The molecule has 0 aromatic heterocycles. The van der Waals surface area contributed by atoms with Crippen LogP contribution >= 0.6 is 0 Å². The number of hydrogen-bond acceptors (Lipinski definition) is 10. The molecule has 0 bridgehead atoms. The van der Waals surface area contributed by atoms with Gasteiger partial charge in [-0.3, -0.25) is 9.35 Å². The quantitative estimate of drug-likeness (QED) is 0.0194. The SMILES string of the molecule is CCCCCCCCCCCC/C=C\CCCCCCCCCC(=O)NC(COC1OC(CO)C(O)C(OS(=O)(=O)O)C1O)C(O)/C=C/CCCCCCCCCCCCCCC. The number of nitrogens with one attached hydrogen (secondary N) is 1. The summed E-state index contributed by atoms with van der Waals surface area (Å²) in [5.41, 5.74) is 0. The first-order valence-corrected chi connectivity index (χ1v) is 27.1. The van der Waals surface area contributed by atoms with Crippen LogP contribution in [0.1, 0.15) is 232 Å². The molecule has 1 aliphatic heterocycles. The number of aliphatic hydroxyl groups is 4. The van der Waals surface area contributed by atoms with Gasteiger partial charge < -0.3 is 35.2 Å². The van der Waals surface area contributed by atoms with E-state index in [4.69, 9.17) is 9.47 Å². The van der Waals surface area contributed by atoms with Gasteiger partial charge in [-0.05, 0) is 44.9 Å². The summed E-state index contributed by atoms with van der Waals surface area (Å²) in [4.78, 5) is 13.1. The summed E-state index contributed by atoms with van der Waals surface area (Å²) in [5.74, 6) is -0.265. The van der Waals surface area contributed by atoms with Gasteiger partial charge in [0.2, 0.25) is 5.91 Å². The lowest BCUT2D eigenvalue weighted by Gasteiger charge is -2.41. The summed E-state index contributed by atoms with van der Waals surface area (Å²) in [6.45, 7) is 3.40. The van der Waals surface area contributed by atoms with Gasteiger partial charge in [0.25, 0.3) is 0 Å². The topological polar surface area (TPSA) is 192 Å². The van der Waals surface area contributed by atoms with Gasteiger partial charge >= 0.3 is 10.4 Å². The molecule has 1 rings (SSSR count). The van der Waals surface area contributed by atoms with E-state index in [0.29, 0.717) is 6.42 Å². The fourth-order valence-corrected chi connectivity index (χ4v) is 8.72. The minimum Gasteiger partial charge on any atom is -0.394 e. The van der Waals surface area contributed by atoms with Crippen molar-refractivity contribution in [1.82, 2.24) is 5.32 Å². The minimum atomic E-state index is -5.09. The first kappa shape index (κ1) is 59.6. The summed E-state index contributed by atoms with van der Waals surface area (Å²) >= 11 is 0. The lowest BCUT2D eigenvalue weighted by Crippen LogP contribution is -2.61. The minimum absolute atomic E-state index is 0.265. The smallest absolute Gasteiger partial charge is 0.394 e. The van der Waals surface area contributed by atoms with Crippen LogP contribution in [0, 0.1) is 0 Å². The van der Waals surface area contributed by atoms with E-state index in [1.165, 1.54) is 161 Å². The number of rotatable bonds is 44. The van der Waals surface area contributed by atoms with Gasteiger partial charge in [0, 0.05) is 6.42 Å². The van der Waals surface area contributed by atoms with Gasteiger partial charge in [0.1, 0.15) is 24.4 Å². The molecule has 0 saturated carbocycles. The molecule has 6 N–H and O–H groups in total. The molecule has 0 aromatic rings. The van der Waals surface area contributed by atoms with Crippen LogP contribution in [-0.2, 0) is 28.9 Å². The molecule has 0 spiro atoms. The van der Waals surface area contributed by atoms with E-state index in [2.05, 4.69) is 35.5 Å². The molecule has 0 aliphatic carbocycles. The zero-order chi connectivity index (χ0) is 46.2. The second-order valence-electron chi connectivity index (χ2n) is 18.1. The molecule has 1 heterocycles. The highest BCUT2D eigenvalue weighted by atomic mass is 32.3. The summed E-state index contributed by atoms with van der Waals surface area (Å²) in [7, 11) is -5.09. The lowest BCUT2D eigenvalue weighted by molar-refractivity contribution is -0.298. The Kier molecular flexibility index (Phi) is 38.6. The molecule has 7 unspecified atom stereocenters. The Morgan fingerprint density at radius 3 is 1.43 bits per heavy atom. The van der Waals surface area contributed by atoms with Gasteiger partial charge in [0.05, 0.1) is 25.4 Å². The van der Waals surface area contributed by atoms with E-state index < -0.39 is 59.9 Å². The van der Waals surface area contributed by atoms with Crippen LogP contribution < -0.4 is 5.32 Å². The molecule has 7 atom stereocenters. The monoisotopic (exact) mass is 918 g/mol. The highest BCUT2D eigenvalue weighted by Gasteiger charge is 2.48. The first-order chi connectivity index (χ1) is 30.5. The number of ether oxygens (including phenoxy) is 2. The van der Waals surface area contributed by atoms with Gasteiger partial charge in [0.15, 0.2) is 6.29 Å². The van der Waals surface area contributed by atoms with Gasteiger partial charge in [-0.25, -0.2) is 4.18 Å². The van der Waals surface area contributed by atoms with Gasteiger partial charge in [-0.2, -0.15) is 8.42 Å². The molecule has 1 fully saturated rings. The predicted molar refractivity (Wildman–Crippen MR) is 255 cm³/mol. The largest absolute Gasteiger partial charge is 0.397 e. The molecule has 63 heavy (non-hydrogen) atoms. The Labute approximate surface area is 384 Å². The van der Waals surface area contributed by atoms with Crippen molar-refractivity contribution < 1.29 is 51.8 Å². The van der Waals surface area contributed by atoms with Crippen molar-refractivity contribution in [2.24, 2.45) is 0 Å². The van der Waals surface area contributed by atoms with Crippen LogP contribution in [0.2, 0.25) is 0 Å². The Hall–Kier alpha value is -1.42. The molecule has 13 heteroatoms. The van der Waals surface area contributed by atoms with Crippen LogP contribution in [-0.4, -0.2) is 95.4 Å². The van der Waals surface area contributed by atoms with Gasteiger partial charge in [-0.15, -0.1) is 0 Å². The van der Waals surface area contributed by atoms with E-state index in [9.17, 15) is 38.2 Å². The molecule has 12 nitrogen and oxygen atoms in total. The number of amides is 1. The van der Waals surface area contributed by atoms with E-state index in [1.807, 2.05) is 6.08 Å². The van der Waals surface area contributed by atoms with Crippen molar-refractivity contribution in [2.45, 2.75) is 275 Å². The molecule has 1 saturated heterocycles. The van der Waals surface area contributed by atoms with Crippen LogP contribution in [0.3, 0.4) is 0 Å². The second-order valence-corrected chi connectivity index (χ2v) is 19.2. The van der Waals surface area contributed by atoms with Crippen molar-refractivity contribution in [3.8, 4) is 0 Å². The summed E-state index contributed by atoms with van der Waals surface area (Å²) in [6, 6.07) is -0.944. The maximum Gasteiger partial charge on any atom is 0.397 e. The molecule has 372 valence electrons. The number of aliphatic hydroxyl groups excluding tert-OH is 4.